The van der Waals surface area contributed by atoms with Gasteiger partial charge in [0, 0.05) is 21.7 Å². The predicted molar refractivity (Wildman–Crippen MR) is 227 cm³/mol. The minimum absolute atomic E-state index is 0. The van der Waals surface area contributed by atoms with Crippen LogP contribution in [0.25, 0.3) is 0 Å². The second-order valence-corrected chi connectivity index (χ2v) is 19.4. The van der Waals surface area contributed by atoms with Crippen LogP contribution >= 0.6 is 92.8 Å². The molecular formula is C40H48Cl8O4Ti. The SMILES string of the molecule is CC(C)(C)c1cc(Cl)c(O)c(Cl)c1.CC(C)(C)c1cc(Cl)c(O)c(Cl)c1.CC(C)(C)c1cc(Cl)c(O)c(Cl)c1.CC(C)(C)c1cc(Cl)c(O)c(Cl)c1.[Ti]. The van der Waals surface area contributed by atoms with Crippen molar-refractivity contribution < 1.29 is 42.1 Å². The molecule has 4 aromatic carbocycles. The molecule has 4 N–H and O–H groups in total. The van der Waals surface area contributed by atoms with E-state index in [0.717, 1.165) is 22.3 Å². The molecule has 4 aromatic rings. The summed E-state index contributed by atoms with van der Waals surface area (Å²) in [6, 6.07) is 13.9. The normalized spacial score (nSPS) is 11.5. The van der Waals surface area contributed by atoms with Gasteiger partial charge in [0.1, 0.15) is 0 Å². The molecule has 4 nitrogen and oxygen atoms in total. The molecule has 13 heteroatoms. The smallest absolute Gasteiger partial charge is 0.152 e. The van der Waals surface area contributed by atoms with Gasteiger partial charge in [-0.25, -0.2) is 0 Å². The number of rotatable bonds is 0. The molecule has 0 aromatic heterocycles. The van der Waals surface area contributed by atoms with Crippen LogP contribution in [-0.2, 0) is 43.4 Å². The molecule has 0 amide bonds. The Labute approximate surface area is 370 Å². The van der Waals surface area contributed by atoms with E-state index < -0.39 is 0 Å². The predicted octanol–water partition coefficient (Wildman–Crippen LogP) is 16.0. The number of hydrogen-bond donors (Lipinski definition) is 4. The number of hydrogen-bond acceptors (Lipinski definition) is 4. The quantitative estimate of drug-likeness (QED) is 0.133. The molecule has 0 radical (unpaired) electrons. The summed E-state index contributed by atoms with van der Waals surface area (Å²) in [5.74, 6) is -0.180. The maximum Gasteiger partial charge on any atom is 0.152 e. The zero-order chi connectivity index (χ0) is 40.9. The molecule has 0 aliphatic carbocycles. The third kappa shape index (κ3) is 16.2. The molecule has 0 heterocycles. The van der Waals surface area contributed by atoms with Crippen LogP contribution in [0.3, 0.4) is 0 Å². The van der Waals surface area contributed by atoms with E-state index in [1.165, 1.54) is 0 Å². The van der Waals surface area contributed by atoms with Gasteiger partial charge in [-0.2, -0.15) is 0 Å². The fourth-order valence-corrected chi connectivity index (χ4v) is 5.94. The van der Waals surface area contributed by atoms with Crippen molar-refractivity contribution in [2.45, 2.75) is 105 Å². The summed E-state index contributed by atoms with van der Waals surface area (Å²) in [4.78, 5) is 0. The molecule has 0 spiro atoms. The summed E-state index contributed by atoms with van der Waals surface area (Å²) in [5.41, 5.74) is 4.01. The summed E-state index contributed by atoms with van der Waals surface area (Å²) < 4.78 is 0. The van der Waals surface area contributed by atoms with E-state index >= 15 is 0 Å². The van der Waals surface area contributed by atoms with Crippen LogP contribution in [0.5, 0.6) is 23.0 Å². The van der Waals surface area contributed by atoms with Gasteiger partial charge in [0.15, 0.2) is 23.0 Å². The van der Waals surface area contributed by atoms with E-state index in [1.54, 1.807) is 48.5 Å². The van der Waals surface area contributed by atoms with Crippen molar-refractivity contribution in [3.8, 4) is 23.0 Å². The van der Waals surface area contributed by atoms with Crippen LogP contribution in [0.4, 0.5) is 0 Å². The first-order chi connectivity index (χ1) is 23.3. The Hall–Kier alpha value is -0.886. The van der Waals surface area contributed by atoms with E-state index in [-0.39, 0.29) is 66.4 Å². The van der Waals surface area contributed by atoms with E-state index in [4.69, 9.17) is 92.8 Å². The molecule has 0 unspecified atom stereocenters. The maximum atomic E-state index is 9.33. The first-order valence-corrected chi connectivity index (χ1v) is 19.0. The summed E-state index contributed by atoms with van der Waals surface area (Å²) in [6.45, 7) is 24.7. The zero-order valence-corrected chi connectivity index (χ0v) is 39.5. The van der Waals surface area contributed by atoms with Crippen molar-refractivity contribution in [2.75, 3.05) is 0 Å². The fourth-order valence-electron chi connectivity index (χ4n) is 3.99. The Kier molecular flexibility index (Phi) is 20.2. The van der Waals surface area contributed by atoms with Gasteiger partial charge >= 0.3 is 0 Å². The molecule has 4 rings (SSSR count). The molecule has 0 aliphatic heterocycles. The van der Waals surface area contributed by atoms with Crippen molar-refractivity contribution in [2.24, 2.45) is 0 Å². The fraction of sp³-hybridized carbons (Fsp3) is 0.400. The number of benzene rings is 4. The first-order valence-electron chi connectivity index (χ1n) is 16.0. The Morgan fingerprint density at radius 3 is 0.453 bits per heavy atom. The number of halogens is 8. The summed E-state index contributed by atoms with van der Waals surface area (Å²) in [5, 5.41) is 39.8. The Bertz CT molecular complexity index is 1490. The average Bonchev–Trinajstić information content (AvgIpc) is 2.98. The molecule has 0 saturated carbocycles. The van der Waals surface area contributed by atoms with E-state index in [1.807, 2.05) is 0 Å². The molecule has 53 heavy (non-hydrogen) atoms. The summed E-state index contributed by atoms with van der Waals surface area (Å²) in [7, 11) is 0. The van der Waals surface area contributed by atoms with Crippen LogP contribution in [0, 0.1) is 0 Å². The third-order valence-corrected chi connectivity index (χ3v) is 9.84. The van der Waals surface area contributed by atoms with Crippen molar-refractivity contribution in [3.05, 3.63) is 111 Å². The van der Waals surface area contributed by atoms with Gasteiger partial charge in [-0.05, 0) is 92.4 Å². The second-order valence-electron chi connectivity index (χ2n) is 16.2. The molecule has 0 aliphatic rings. The van der Waals surface area contributed by atoms with Gasteiger partial charge < -0.3 is 20.4 Å². The Morgan fingerprint density at radius 1 is 0.283 bits per heavy atom. The number of aromatic hydroxyl groups is 4. The van der Waals surface area contributed by atoms with Gasteiger partial charge in [-0.15, -0.1) is 0 Å². The van der Waals surface area contributed by atoms with Crippen LogP contribution in [0.15, 0.2) is 48.5 Å². The summed E-state index contributed by atoms with van der Waals surface area (Å²) >= 11 is 46.3. The average molecular weight is 924 g/mol. The number of phenols is 4. The van der Waals surface area contributed by atoms with Gasteiger partial charge in [0.05, 0.1) is 40.2 Å². The van der Waals surface area contributed by atoms with Crippen LogP contribution in [0.1, 0.15) is 105 Å². The minimum Gasteiger partial charge on any atom is -0.505 e. The van der Waals surface area contributed by atoms with Gasteiger partial charge in [-0.3, -0.25) is 0 Å². The van der Waals surface area contributed by atoms with Gasteiger partial charge in [0.25, 0.3) is 0 Å². The largest absolute Gasteiger partial charge is 0.505 e. The molecular weight excluding hydrogens is 876 g/mol. The monoisotopic (exact) mass is 920 g/mol. The van der Waals surface area contributed by atoms with Gasteiger partial charge in [0.2, 0.25) is 0 Å². The van der Waals surface area contributed by atoms with Crippen molar-refractivity contribution in [3.63, 3.8) is 0 Å². The van der Waals surface area contributed by atoms with Crippen molar-refractivity contribution in [1.82, 2.24) is 0 Å². The molecule has 0 atom stereocenters. The standard InChI is InChI=1S/4C10H12Cl2O.Ti/c4*1-10(2,3)6-4-7(11)9(13)8(12)5-6;/h4*4-5,13H,1-3H3;. The topological polar surface area (TPSA) is 80.9 Å². The first kappa shape index (κ1) is 52.1. The Morgan fingerprint density at radius 2 is 0.377 bits per heavy atom. The van der Waals surface area contributed by atoms with E-state index in [9.17, 15) is 20.4 Å². The van der Waals surface area contributed by atoms with E-state index in [0.29, 0.717) is 40.2 Å². The molecule has 0 bridgehead atoms. The molecule has 0 saturated heterocycles. The second kappa shape index (κ2) is 20.5. The third-order valence-electron chi connectivity index (χ3n) is 7.53. The molecule has 292 valence electrons. The zero-order valence-electron chi connectivity index (χ0n) is 31.9. The van der Waals surface area contributed by atoms with E-state index in [2.05, 4.69) is 83.1 Å². The minimum atomic E-state index is -0.0451. The van der Waals surface area contributed by atoms with Gasteiger partial charge in [-0.1, -0.05) is 176 Å². The van der Waals surface area contributed by atoms with Crippen LogP contribution in [-0.4, -0.2) is 20.4 Å². The number of phenolic OH excluding ortho intramolecular Hbond substituents is 4. The maximum absolute atomic E-state index is 9.33. The van der Waals surface area contributed by atoms with Crippen LogP contribution < -0.4 is 0 Å². The Balaban J connectivity index is 0.000000676. The molecule has 0 fully saturated rings. The van der Waals surface area contributed by atoms with Crippen molar-refractivity contribution >= 4 is 92.8 Å². The van der Waals surface area contributed by atoms with Crippen molar-refractivity contribution in [1.29, 1.82) is 0 Å². The summed E-state index contributed by atoms with van der Waals surface area (Å²) in [6.07, 6.45) is 0. The van der Waals surface area contributed by atoms with Crippen LogP contribution in [0.2, 0.25) is 40.2 Å².